The van der Waals surface area contributed by atoms with E-state index < -0.39 is 0 Å². The maximum Gasteiger partial charge on any atom is 0.167 e. The average molecular weight is 206 g/mol. The molecule has 0 bridgehead atoms. The number of rotatable bonds is 3. The van der Waals surface area contributed by atoms with Gasteiger partial charge in [-0.3, -0.25) is 0 Å². The van der Waals surface area contributed by atoms with Gasteiger partial charge in [-0.2, -0.15) is 0 Å². The minimum atomic E-state index is 0.408. The molecule has 0 aromatic rings. The molecule has 0 saturated heterocycles. The van der Waals surface area contributed by atoms with Crippen molar-refractivity contribution in [3.8, 4) is 0 Å². The van der Waals surface area contributed by atoms with Crippen LogP contribution in [0.5, 0.6) is 0 Å². The predicted molar refractivity (Wildman–Crippen MR) is 57.6 cm³/mol. The molecular formula is C9H16ClNS. The summed E-state index contributed by atoms with van der Waals surface area (Å²) in [6.07, 6.45) is 8.28. The standard InChI is InChI=1S/C9H16ClNS/c10-9(12)11-7-6-8-4-2-1-3-5-8/h8H,1-7H2,(H,11,12). The molecule has 1 saturated carbocycles. The van der Waals surface area contributed by atoms with Crippen LogP contribution in [0, 0.1) is 5.92 Å². The van der Waals surface area contributed by atoms with Gasteiger partial charge in [-0.05, 0) is 24.6 Å². The first kappa shape index (κ1) is 10.3. The van der Waals surface area contributed by atoms with E-state index in [-0.39, 0.29) is 0 Å². The van der Waals surface area contributed by atoms with Crippen LogP contribution in [0.15, 0.2) is 0 Å². The zero-order valence-corrected chi connectivity index (χ0v) is 8.89. The minimum Gasteiger partial charge on any atom is -0.367 e. The Morgan fingerprint density at radius 2 is 2.00 bits per heavy atom. The summed E-state index contributed by atoms with van der Waals surface area (Å²) in [7, 11) is 0. The lowest BCUT2D eigenvalue weighted by atomic mass is 9.87. The van der Waals surface area contributed by atoms with Crippen molar-refractivity contribution in [2.24, 2.45) is 5.92 Å². The molecule has 0 aliphatic heterocycles. The molecule has 1 fully saturated rings. The molecular weight excluding hydrogens is 190 g/mol. The Balaban J connectivity index is 2.01. The Bertz CT molecular complexity index is 143. The van der Waals surface area contributed by atoms with Crippen molar-refractivity contribution in [1.82, 2.24) is 5.32 Å². The molecule has 1 N–H and O–H groups in total. The molecule has 0 atom stereocenters. The average Bonchev–Trinajstić information content (AvgIpc) is 2.05. The molecule has 1 rings (SSSR count). The van der Waals surface area contributed by atoms with Crippen LogP contribution < -0.4 is 5.32 Å². The van der Waals surface area contributed by atoms with Crippen LogP contribution in [-0.4, -0.2) is 11.0 Å². The normalized spacial score (nSPS) is 19.1. The van der Waals surface area contributed by atoms with Crippen LogP contribution in [-0.2, 0) is 0 Å². The number of hydrogen-bond acceptors (Lipinski definition) is 1. The predicted octanol–water partition coefficient (Wildman–Crippen LogP) is 3.07. The van der Waals surface area contributed by atoms with E-state index in [0.717, 1.165) is 12.5 Å². The Morgan fingerprint density at radius 3 is 2.58 bits per heavy atom. The van der Waals surface area contributed by atoms with E-state index in [2.05, 4.69) is 5.32 Å². The molecule has 0 radical (unpaired) electrons. The van der Waals surface area contributed by atoms with Crippen molar-refractivity contribution < 1.29 is 0 Å². The van der Waals surface area contributed by atoms with Crippen LogP contribution in [0.1, 0.15) is 38.5 Å². The van der Waals surface area contributed by atoms with Gasteiger partial charge in [0.1, 0.15) is 0 Å². The van der Waals surface area contributed by atoms with Gasteiger partial charge >= 0.3 is 0 Å². The monoisotopic (exact) mass is 205 g/mol. The van der Waals surface area contributed by atoms with Crippen LogP contribution in [0.3, 0.4) is 0 Å². The van der Waals surface area contributed by atoms with Gasteiger partial charge in [-0.25, -0.2) is 0 Å². The number of thiocarbonyl (C=S) groups is 1. The third-order valence-electron chi connectivity index (χ3n) is 2.54. The van der Waals surface area contributed by atoms with E-state index in [1.54, 1.807) is 0 Å². The molecule has 0 unspecified atom stereocenters. The van der Waals surface area contributed by atoms with Gasteiger partial charge in [-0.1, -0.05) is 43.7 Å². The topological polar surface area (TPSA) is 12.0 Å². The zero-order valence-electron chi connectivity index (χ0n) is 7.31. The van der Waals surface area contributed by atoms with E-state index in [1.807, 2.05) is 0 Å². The van der Waals surface area contributed by atoms with E-state index in [9.17, 15) is 0 Å². The number of hydrogen-bond donors (Lipinski definition) is 1. The first-order valence-corrected chi connectivity index (χ1v) is 5.51. The number of halogens is 1. The third kappa shape index (κ3) is 4.27. The highest BCUT2D eigenvalue weighted by Gasteiger charge is 2.12. The lowest BCUT2D eigenvalue weighted by molar-refractivity contribution is 0.340. The fraction of sp³-hybridized carbons (Fsp3) is 0.889. The second-order valence-electron chi connectivity index (χ2n) is 3.49. The fourth-order valence-corrected chi connectivity index (χ4v) is 2.05. The van der Waals surface area contributed by atoms with Crippen LogP contribution in [0.4, 0.5) is 0 Å². The van der Waals surface area contributed by atoms with Crippen molar-refractivity contribution in [2.45, 2.75) is 38.5 Å². The summed E-state index contributed by atoms with van der Waals surface area (Å²) in [4.78, 5) is 0. The van der Waals surface area contributed by atoms with Crippen molar-refractivity contribution in [2.75, 3.05) is 6.54 Å². The van der Waals surface area contributed by atoms with Crippen molar-refractivity contribution >= 4 is 28.3 Å². The molecule has 1 nitrogen and oxygen atoms in total. The maximum absolute atomic E-state index is 5.52. The lowest BCUT2D eigenvalue weighted by Crippen LogP contribution is -2.21. The van der Waals surface area contributed by atoms with Crippen LogP contribution in [0.2, 0.25) is 0 Å². The SMILES string of the molecule is S=C(Cl)NCCC1CCCCC1. The highest BCUT2D eigenvalue weighted by Crippen LogP contribution is 2.25. The highest BCUT2D eigenvalue weighted by molar-refractivity contribution is 7.83. The summed E-state index contributed by atoms with van der Waals surface area (Å²) < 4.78 is 0.408. The fourth-order valence-electron chi connectivity index (χ4n) is 1.85. The molecule has 0 spiro atoms. The second-order valence-corrected chi connectivity index (χ2v) is 4.50. The Kier molecular flexibility index (Phi) is 4.93. The minimum absolute atomic E-state index is 0.408. The molecule has 0 amide bonds. The zero-order chi connectivity index (χ0) is 8.81. The molecule has 0 aromatic heterocycles. The van der Waals surface area contributed by atoms with Crippen molar-refractivity contribution in [1.29, 1.82) is 0 Å². The summed E-state index contributed by atoms with van der Waals surface area (Å²) >= 11 is 10.2. The van der Waals surface area contributed by atoms with Gasteiger partial charge in [0.25, 0.3) is 0 Å². The maximum atomic E-state index is 5.52. The summed E-state index contributed by atoms with van der Waals surface area (Å²) in [5.41, 5.74) is 0. The van der Waals surface area contributed by atoms with Crippen LogP contribution in [0.25, 0.3) is 0 Å². The van der Waals surface area contributed by atoms with E-state index in [4.69, 9.17) is 23.8 Å². The van der Waals surface area contributed by atoms with E-state index in [1.165, 1.54) is 38.5 Å². The molecule has 3 heteroatoms. The van der Waals surface area contributed by atoms with Crippen molar-refractivity contribution in [3.05, 3.63) is 0 Å². The molecule has 0 heterocycles. The van der Waals surface area contributed by atoms with Gasteiger partial charge in [0.05, 0.1) is 0 Å². The summed E-state index contributed by atoms with van der Waals surface area (Å²) in [5, 5.41) is 2.99. The molecule has 1 aliphatic carbocycles. The Hall–Kier alpha value is 0.180. The molecule has 0 aromatic carbocycles. The quantitative estimate of drug-likeness (QED) is 0.432. The Labute approximate surface area is 84.9 Å². The first-order chi connectivity index (χ1) is 5.79. The van der Waals surface area contributed by atoms with E-state index in [0.29, 0.717) is 4.45 Å². The van der Waals surface area contributed by atoms with Gasteiger partial charge < -0.3 is 5.32 Å². The van der Waals surface area contributed by atoms with Crippen LogP contribution >= 0.6 is 23.8 Å². The van der Waals surface area contributed by atoms with Gasteiger partial charge in [0, 0.05) is 6.54 Å². The summed E-state index contributed by atoms with van der Waals surface area (Å²) in [5.74, 6) is 0.914. The summed E-state index contributed by atoms with van der Waals surface area (Å²) in [6.45, 7) is 0.951. The largest absolute Gasteiger partial charge is 0.367 e. The summed E-state index contributed by atoms with van der Waals surface area (Å²) in [6, 6.07) is 0. The number of nitrogens with one attached hydrogen (secondary N) is 1. The second kappa shape index (κ2) is 5.76. The van der Waals surface area contributed by atoms with Gasteiger partial charge in [0.2, 0.25) is 0 Å². The van der Waals surface area contributed by atoms with Gasteiger partial charge in [0.15, 0.2) is 4.45 Å². The smallest absolute Gasteiger partial charge is 0.167 e. The van der Waals surface area contributed by atoms with Gasteiger partial charge in [-0.15, -0.1) is 0 Å². The first-order valence-electron chi connectivity index (χ1n) is 4.72. The lowest BCUT2D eigenvalue weighted by Gasteiger charge is -2.21. The molecule has 1 aliphatic rings. The highest BCUT2D eigenvalue weighted by atomic mass is 35.5. The van der Waals surface area contributed by atoms with Crippen molar-refractivity contribution in [3.63, 3.8) is 0 Å². The molecule has 70 valence electrons. The third-order valence-corrected chi connectivity index (χ3v) is 2.82. The molecule has 12 heavy (non-hydrogen) atoms. The Morgan fingerprint density at radius 1 is 1.33 bits per heavy atom. The van der Waals surface area contributed by atoms with E-state index >= 15 is 0 Å².